The van der Waals surface area contributed by atoms with Crippen molar-refractivity contribution in [2.45, 2.75) is 56.8 Å². The van der Waals surface area contributed by atoms with Gasteiger partial charge in [-0.05, 0) is 41.7 Å². The molecular formula is C23H24N4O. The summed E-state index contributed by atoms with van der Waals surface area (Å²) in [6, 6.07) is 12.7. The Hall–Kier alpha value is -3.00. The summed E-state index contributed by atoms with van der Waals surface area (Å²) in [6.07, 6.45) is 13.7. The number of amides is 1. The molecule has 2 aromatic rings. The van der Waals surface area contributed by atoms with Crippen LogP contribution in [0.25, 0.3) is 11.1 Å². The van der Waals surface area contributed by atoms with Gasteiger partial charge in [0.05, 0.1) is 0 Å². The minimum atomic E-state index is -0.391. The fourth-order valence-electron chi connectivity index (χ4n) is 3.51. The number of aromatic nitrogens is 1. The molecule has 28 heavy (non-hydrogen) atoms. The SMILES string of the molecule is C#CCCC1(CCC(=O)N(Cc2cccc(-c3cccnc3)c2)C2CC2)N=N1. The predicted molar refractivity (Wildman–Crippen MR) is 108 cm³/mol. The first-order chi connectivity index (χ1) is 13.7. The molecule has 142 valence electrons. The molecule has 1 saturated carbocycles. The van der Waals surface area contributed by atoms with Crippen LogP contribution in [-0.4, -0.2) is 27.5 Å². The van der Waals surface area contributed by atoms with E-state index in [1.54, 1.807) is 6.20 Å². The van der Waals surface area contributed by atoms with E-state index >= 15 is 0 Å². The van der Waals surface area contributed by atoms with E-state index in [1.807, 2.05) is 29.3 Å². The quantitative estimate of drug-likeness (QED) is 0.604. The second-order valence-corrected chi connectivity index (χ2v) is 7.58. The number of carbonyl (C=O) groups excluding carboxylic acids is 1. The molecule has 1 aliphatic carbocycles. The molecule has 0 bridgehead atoms. The van der Waals surface area contributed by atoms with Crippen molar-refractivity contribution in [1.29, 1.82) is 0 Å². The zero-order valence-electron chi connectivity index (χ0n) is 15.9. The molecule has 5 heteroatoms. The van der Waals surface area contributed by atoms with Gasteiger partial charge < -0.3 is 4.90 Å². The monoisotopic (exact) mass is 372 g/mol. The third-order valence-corrected chi connectivity index (χ3v) is 5.37. The van der Waals surface area contributed by atoms with Gasteiger partial charge in [0, 0.05) is 50.7 Å². The maximum Gasteiger partial charge on any atom is 0.223 e. The van der Waals surface area contributed by atoms with E-state index in [1.165, 1.54) is 0 Å². The standard InChI is InChI=1S/C23H24N4O/c1-2-3-12-23(25-26-23)13-11-22(28)27(21-9-10-21)17-18-6-4-7-19(15-18)20-8-5-14-24-16-20/h1,4-8,14-16,21H,3,9-13,17H2. The molecule has 0 spiro atoms. The molecule has 0 unspecified atom stereocenters. The molecule has 1 aromatic carbocycles. The number of pyridine rings is 1. The molecule has 5 nitrogen and oxygen atoms in total. The van der Waals surface area contributed by atoms with Crippen LogP contribution in [0.15, 0.2) is 59.0 Å². The van der Waals surface area contributed by atoms with E-state index in [2.05, 4.69) is 39.3 Å². The van der Waals surface area contributed by atoms with E-state index in [-0.39, 0.29) is 5.91 Å². The van der Waals surface area contributed by atoms with Crippen molar-refractivity contribution in [2.24, 2.45) is 10.2 Å². The topological polar surface area (TPSA) is 57.9 Å². The van der Waals surface area contributed by atoms with Gasteiger partial charge in [0.15, 0.2) is 5.66 Å². The van der Waals surface area contributed by atoms with Crippen molar-refractivity contribution in [3.05, 3.63) is 54.4 Å². The molecule has 1 fully saturated rings. The second-order valence-electron chi connectivity index (χ2n) is 7.58. The number of carbonyl (C=O) groups is 1. The van der Waals surface area contributed by atoms with Crippen LogP contribution in [0, 0.1) is 12.3 Å². The highest BCUT2D eigenvalue weighted by molar-refractivity contribution is 5.77. The summed E-state index contributed by atoms with van der Waals surface area (Å²) in [4.78, 5) is 19.1. The van der Waals surface area contributed by atoms with Crippen LogP contribution < -0.4 is 0 Å². The Morgan fingerprint density at radius 3 is 2.68 bits per heavy atom. The molecule has 0 N–H and O–H groups in total. The summed E-state index contributed by atoms with van der Waals surface area (Å²) in [7, 11) is 0. The van der Waals surface area contributed by atoms with Gasteiger partial charge in [-0.3, -0.25) is 9.78 Å². The summed E-state index contributed by atoms with van der Waals surface area (Å²) in [5.41, 5.74) is 2.96. The lowest BCUT2D eigenvalue weighted by Crippen LogP contribution is -2.33. The van der Waals surface area contributed by atoms with Crippen LogP contribution in [0.1, 0.15) is 44.1 Å². The summed E-state index contributed by atoms with van der Waals surface area (Å²) >= 11 is 0. The third-order valence-electron chi connectivity index (χ3n) is 5.37. The van der Waals surface area contributed by atoms with E-state index in [0.29, 0.717) is 31.8 Å². The Bertz CT molecular complexity index is 906. The van der Waals surface area contributed by atoms with Crippen molar-refractivity contribution < 1.29 is 4.79 Å². The molecular weight excluding hydrogens is 348 g/mol. The van der Waals surface area contributed by atoms with Gasteiger partial charge in [-0.25, -0.2) is 0 Å². The van der Waals surface area contributed by atoms with Crippen LogP contribution in [0.5, 0.6) is 0 Å². The van der Waals surface area contributed by atoms with Crippen LogP contribution >= 0.6 is 0 Å². The summed E-state index contributed by atoms with van der Waals surface area (Å²) in [5, 5.41) is 8.29. The minimum Gasteiger partial charge on any atom is -0.335 e. The van der Waals surface area contributed by atoms with Gasteiger partial charge in [-0.1, -0.05) is 24.3 Å². The van der Waals surface area contributed by atoms with Crippen LogP contribution in [0.4, 0.5) is 0 Å². The van der Waals surface area contributed by atoms with E-state index in [4.69, 9.17) is 6.42 Å². The van der Waals surface area contributed by atoms with Crippen molar-refractivity contribution in [1.82, 2.24) is 9.88 Å². The molecule has 0 radical (unpaired) electrons. The lowest BCUT2D eigenvalue weighted by molar-refractivity contribution is -0.132. The number of hydrogen-bond donors (Lipinski definition) is 0. The number of rotatable bonds is 9. The normalized spacial score (nSPS) is 16.4. The number of terminal acetylenes is 1. The summed E-state index contributed by atoms with van der Waals surface area (Å²) < 4.78 is 0. The Morgan fingerprint density at radius 1 is 1.18 bits per heavy atom. The maximum absolute atomic E-state index is 12.9. The average molecular weight is 372 g/mol. The van der Waals surface area contributed by atoms with Crippen molar-refractivity contribution in [3.8, 4) is 23.5 Å². The Balaban J connectivity index is 1.40. The molecule has 2 heterocycles. The van der Waals surface area contributed by atoms with Crippen molar-refractivity contribution in [2.75, 3.05) is 0 Å². The van der Waals surface area contributed by atoms with Crippen LogP contribution in [0.2, 0.25) is 0 Å². The van der Waals surface area contributed by atoms with E-state index < -0.39 is 5.66 Å². The highest BCUT2D eigenvalue weighted by atomic mass is 16.2. The van der Waals surface area contributed by atoms with Gasteiger partial charge in [-0.2, -0.15) is 10.2 Å². The minimum absolute atomic E-state index is 0.187. The first kappa shape index (κ1) is 18.4. The number of benzene rings is 1. The van der Waals surface area contributed by atoms with Crippen LogP contribution in [-0.2, 0) is 11.3 Å². The first-order valence-corrected chi connectivity index (χ1v) is 9.85. The van der Waals surface area contributed by atoms with Gasteiger partial charge in [0.1, 0.15) is 0 Å². The fourth-order valence-corrected chi connectivity index (χ4v) is 3.51. The van der Waals surface area contributed by atoms with E-state index in [0.717, 1.165) is 36.0 Å². The summed E-state index contributed by atoms with van der Waals surface area (Å²) in [5.74, 6) is 2.82. The maximum atomic E-state index is 12.9. The zero-order valence-corrected chi connectivity index (χ0v) is 15.9. The predicted octanol–water partition coefficient (Wildman–Crippen LogP) is 4.60. The van der Waals surface area contributed by atoms with Crippen molar-refractivity contribution in [3.63, 3.8) is 0 Å². The van der Waals surface area contributed by atoms with E-state index in [9.17, 15) is 4.79 Å². The highest BCUT2D eigenvalue weighted by Crippen LogP contribution is 2.38. The van der Waals surface area contributed by atoms with Crippen LogP contribution in [0.3, 0.4) is 0 Å². The molecule has 4 rings (SSSR count). The largest absolute Gasteiger partial charge is 0.335 e. The molecule has 0 atom stereocenters. The highest BCUT2D eigenvalue weighted by Gasteiger charge is 2.40. The van der Waals surface area contributed by atoms with Gasteiger partial charge in [0.25, 0.3) is 0 Å². The Labute approximate surface area is 165 Å². The summed E-state index contributed by atoms with van der Waals surface area (Å²) in [6.45, 7) is 0.642. The van der Waals surface area contributed by atoms with Crippen molar-refractivity contribution >= 4 is 5.91 Å². The molecule has 0 saturated heterocycles. The smallest absolute Gasteiger partial charge is 0.223 e. The lowest BCUT2D eigenvalue weighted by atomic mass is 10.0. The molecule has 1 aliphatic heterocycles. The Kier molecular flexibility index (Phi) is 5.21. The first-order valence-electron chi connectivity index (χ1n) is 9.85. The second kappa shape index (κ2) is 7.93. The zero-order chi connectivity index (χ0) is 19.4. The third kappa shape index (κ3) is 4.45. The van der Waals surface area contributed by atoms with Gasteiger partial charge in [0.2, 0.25) is 5.91 Å². The molecule has 1 aromatic heterocycles. The van der Waals surface area contributed by atoms with Gasteiger partial charge in [-0.15, -0.1) is 12.3 Å². The van der Waals surface area contributed by atoms with Gasteiger partial charge >= 0.3 is 0 Å². The fraction of sp³-hybridized carbons (Fsp3) is 0.391. The average Bonchev–Trinajstić information content (AvgIpc) is 3.66. The molecule has 1 amide bonds. The number of hydrogen-bond acceptors (Lipinski definition) is 4. The Morgan fingerprint density at radius 2 is 2.00 bits per heavy atom. The molecule has 2 aliphatic rings. The number of nitrogens with zero attached hydrogens (tertiary/aromatic N) is 4. The lowest BCUT2D eigenvalue weighted by Gasteiger charge is -2.23.